The maximum atomic E-state index is 13.2. The van der Waals surface area contributed by atoms with E-state index in [0.717, 1.165) is 11.6 Å². The molecule has 4 aliphatic rings. The van der Waals surface area contributed by atoms with Crippen molar-refractivity contribution >= 4 is 12.0 Å². The van der Waals surface area contributed by atoms with Crippen molar-refractivity contribution in [3.63, 3.8) is 0 Å². The molecule has 5 nitrogen and oxygen atoms in total. The van der Waals surface area contributed by atoms with Crippen LogP contribution in [0.5, 0.6) is 0 Å². The molecule has 2 aliphatic heterocycles. The Labute approximate surface area is 160 Å². The summed E-state index contributed by atoms with van der Waals surface area (Å²) < 4.78 is 44.4. The van der Waals surface area contributed by atoms with Gasteiger partial charge in [0.15, 0.2) is 0 Å². The van der Waals surface area contributed by atoms with Crippen molar-refractivity contribution in [1.82, 2.24) is 10.2 Å². The van der Waals surface area contributed by atoms with Gasteiger partial charge in [0.2, 0.25) is 5.91 Å². The molecule has 2 amide bonds. The molecule has 2 saturated heterocycles. The predicted molar refractivity (Wildman–Crippen MR) is 92.4 cm³/mol. The lowest BCUT2D eigenvalue weighted by molar-refractivity contribution is -0.140. The minimum atomic E-state index is -4.34. The summed E-state index contributed by atoms with van der Waals surface area (Å²) in [5.41, 5.74) is 0.136. The molecular formula is C20H21F3N2O3. The predicted octanol–water partition coefficient (Wildman–Crippen LogP) is 3.07. The van der Waals surface area contributed by atoms with E-state index in [1.807, 2.05) is 4.90 Å². The molecule has 1 aromatic carbocycles. The standard InChI is InChI=1S/C20H21F3N2O3/c1-10-12(3-2-4-15(10)20(21,22)23)16-13-7-25(8-14(13)16)17(26)11-5-19(6-11)9-28-18(27)24-19/h2-4,11,13-14,16H,5-9H2,1H3,(H,24,27)/t11?,13-,14+,16?,19?. The molecule has 150 valence electrons. The van der Waals surface area contributed by atoms with Gasteiger partial charge >= 0.3 is 12.3 Å². The van der Waals surface area contributed by atoms with Gasteiger partial charge in [0.05, 0.1) is 11.1 Å². The van der Waals surface area contributed by atoms with Gasteiger partial charge in [0, 0.05) is 19.0 Å². The fraction of sp³-hybridized carbons (Fsp3) is 0.600. The van der Waals surface area contributed by atoms with Crippen LogP contribution in [0.25, 0.3) is 0 Å². The summed E-state index contributed by atoms with van der Waals surface area (Å²) in [5, 5.41) is 2.79. The first-order chi connectivity index (χ1) is 13.2. The second-order valence-corrected chi connectivity index (χ2v) is 8.70. The van der Waals surface area contributed by atoms with Crippen molar-refractivity contribution < 1.29 is 27.5 Å². The third-order valence-electron chi connectivity index (χ3n) is 7.02. The van der Waals surface area contributed by atoms with Crippen LogP contribution < -0.4 is 5.32 Å². The molecule has 8 heteroatoms. The fourth-order valence-corrected chi connectivity index (χ4v) is 5.52. The van der Waals surface area contributed by atoms with Crippen molar-refractivity contribution in [3.05, 3.63) is 34.9 Å². The maximum absolute atomic E-state index is 13.2. The molecule has 1 spiro atoms. The third kappa shape index (κ3) is 2.60. The summed E-state index contributed by atoms with van der Waals surface area (Å²) in [6.45, 7) is 3.07. The highest BCUT2D eigenvalue weighted by Crippen LogP contribution is 2.60. The van der Waals surface area contributed by atoms with Crippen LogP contribution in [0.2, 0.25) is 0 Å². The number of amides is 2. The summed E-state index contributed by atoms with van der Waals surface area (Å²) in [6, 6.07) is 4.40. The van der Waals surface area contributed by atoms with E-state index in [1.165, 1.54) is 6.07 Å². The van der Waals surface area contributed by atoms with Gasteiger partial charge in [0.25, 0.3) is 0 Å². The molecule has 1 unspecified atom stereocenters. The van der Waals surface area contributed by atoms with E-state index >= 15 is 0 Å². The van der Waals surface area contributed by atoms with Crippen LogP contribution in [0, 0.1) is 24.7 Å². The molecule has 0 radical (unpaired) electrons. The maximum Gasteiger partial charge on any atom is 0.416 e. The van der Waals surface area contributed by atoms with Crippen molar-refractivity contribution in [3.8, 4) is 0 Å². The van der Waals surface area contributed by atoms with Crippen LogP contribution in [-0.2, 0) is 15.7 Å². The molecule has 2 aliphatic carbocycles. The number of rotatable bonds is 2. The summed E-state index contributed by atoms with van der Waals surface area (Å²) in [6.07, 6.45) is -3.57. The molecule has 28 heavy (non-hydrogen) atoms. The van der Waals surface area contributed by atoms with Crippen LogP contribution in [0.4, 0.5) is 18.0 Å². The Morgan fingerprint density at radius 1 is 1.25 bits per heavy atom. The summed E-state index contributed by atoms with van der Waals surface area (Å²) >= 11 is 0. The minimum Gasteiger partial charge on any atom is -0.447 e. The smallest absolute Gasteiger partial charge is 0.416 e. The number of hydrogen-bond acceptors (Lipinski definition) is 3. The SMILES string of the molecule is Cc1c(C2[C@H]3CN(C(=O)C4CC5(COC(=O)N5)C4)C[C@@H]23)cccc1C(F)(F)F. The van der Waals surface area contributed by atoms with E-state index in [1.54, 1.807) is 13.0 Å². The number of carbonyl (C=O) groups excluding carboxylic acids is 2. The van der Waals surface area contributed by atoms with Crippen LogP contribution in [0.15, 0.2) is 18.2 Å². The first kappa shape index (κ1) is 17.8. The zero-order valence-electron chi connectivity index (χ0n) is 15.4. The average Bonchev–Trinajstić information content (AvgIpc) is 2.94. The Morgan fingerprint density at radius 3 is 2.50 bits per heavy atom. The van der Waals surface area contributed by atoms with Crippen molar-refractivity contribution in [2.75, 3.05) is 19.7 Å². The number of hydrogen-bond donors (Lipinski definition) is 1. The number of alkyl halides is 3. The number of alkyl carbamates (subject to hydrolysis) is 1. The van der Waals surface area contributed by atoms with Gasteiger partial charge < -0.3 is 15.0 Å². The molecule has 1 aromatic rings. The monoisotopic (exact) mass is 394 g/mol. The molecule has 1 N–H and O–H groups in total. The average molecular weight is 394 g/mol. The first-order valence-electron chi connectivity index (χ1n) is 9.59. The highest BCUT2D eigenvalue weighted by molar-refractivity contribution is 5.82. The Bertz CT molecular complexity index is 851. The number of nitrogens with one attached hydrogen (secondary N) is 1. The third-order valence-corrected chi connectivity index (χ3v) is 7.02. The number of ether oxygens (including phenoxy) is 1. The van der Waals surface area contributed by atoms with Gasteiger partial charge in [-0.25, -0.2) is 4.79 Å². The normalized spacial score (nSPS) is 36.0. The minimum absolute atomic E-state index is 0.0958. The highest BCUT2D eigenvalue weighted by Gasteiger charge is 2.60. The van der Waals surface area contributed by atoms with E-state index in [4.69, 9.17) is 4.74 Å². The number of fused-ring (bicyclic) bond motifs is 1. The lowest BCUT2D eigenvalue weighted by Gasteiger charge is -2.43. The van der Waals surface area contributed by atoms with E-state index in [0.29, 0.717) is 38.1 Å². The van der Waals surface area contributed by atoms with E-state index in [-0.39, 0.29) is 35.1 Å². The second-order valence-electron chi connectivity index (χ2n) is 8.70. The zero-order chi connectivity index (χ0) is 19.8. The number of likely N-dealkylation sites (tertiary alicyclic amines) is 1. The van der Waals surface area contributed by atoms with Gasteiger partial charge in [-0.3, -0.25) is 4.79 Å². The van der Waals surface area contributed by atoms with Crippen molar-refractivity contribution in [2.45, 2.75) is 37.4 Å². The highest BCUT2D eigenvalue weighted by atomic mass is 19.4. The Hall–Kier alpha value is -2.25. The lowest BCUT2D eigenvalue weighted by Crippen LogP contribution is -2.58. The number of carbonyl (C=O) groups is 2. The molecule has 2 heterocycles. The van der Waals surface area contributed by atoms with Gasteiger partial charge in [-0.1, -0.05) is 12.1 Å². The fourth-order valence-electron chi connectivity index (χ4n) is 5.52. The summed E-state index contributed by atoms with van der Waals surface area (Å²) in [4.78, 5) is 25.8. The largest absolute Gasteiger partial charge is 0.447 e. The molecule has 2 saturated carbocycles. The first-order valence-corrected chi connectivity index (χ1v) is 9.59. The number of benzene rings is 1. The Morgan fingerprint density at radius 2 is 1.93 bits per heavy atom. The van der Waals surface area contributed by atoms with E-state index < -0.39 is 17.8 Å². The number of piperidine rings is 1. The summed E-state index contributed by atoms with van der Waals surface area (Å²) in [7, 11) is 0. The zero-order valence-corrected chi connectivity index (χ0v) is 15.4. The second kappa shape index (κ2) is 5.64. The molecule has 0 bridgehead atoms. The number of cyclic esters (lactones) is 1. The van der Waals surface area contributed by atoms with Crippen molar-refractivity contribution in [1.29, 1.82) is 0 Å². The van der Waals surface area contributed by atoms with Gasteiger partial charge in [-0.2, -0.15) is 13.2 Å². The topological polar surface area (TPSA) is 58.6 Å². The Kier molecular flexibility index (Phi) is 3.59. The Balaban J connectivity index is 1.21. The van der Waals surface area contributed by atoms with E-state index in [9.17, 15) is 22.8 Å². The number of nitrogens with zero attached hydrogens (tertiary/aromatic N) is 1. The summed E-state index contributed by atoms with van der Waals surface area (Å²) in [5.74, 6) is 0.595. The molecular weight excluding hydrogens is 373 g/mol. The van der Waals surface area contributed by atoms with Crippen molar-refractivity contribution in [2.24, 2.45) is 17.8 Å². The molecule has 4 fully saturated rings. The van der Waals surface area contributed by atoms with Crippen LogP contribution in [0.3, 0.4) is 0 Å². The molecule has 5 rings (SSSR count). The van der Waals surface area contributed by atoms with Gasteiger partial charge in [-0.05, 0) is 54.7 Å². The number of halogens is 3. The lowest BCUT2D eigenvalue weighted by atomic mass is 9.68. The van der Waals surface area contributed by atoms with Gasteiger partial charge in [-0.15, -0.1) is 0 Å². The van der Waals surface area contributed by atoms with Crippen LogP contribution >= 0.6 is 0 Å². The van der Waals surface area contributed by atoms with E-state index in [2.05, 4.69) is 5.32 Å². The van der Waals surface area contributed by atoms with Gasteiger partial charge in [0.1, 0.15) is 6.61 Å². The van der Waals surface area contributed by atoms with Crippen LogP contribution in [-0.4, -0.2) is 42.1 Å². The molecule has 3 atom stereocenters. The quantitative estimate of drug-likeness (QED) is 0.839. The van der Waals surface area contributed by atoms with Crippen LogP contribution in [0.1, 0.15) is 35.4 Å². The molecule has 0 aromatic heterocycles.